The lowest BCUT2D eigenvalue weighted by atomic mass is 9.87. The van der Waals surface area contributed by atoms with Crippen molar-refractivity contribution in [3.05, 3.63) is 58.0 Å². The van der Waals surface area contributed by atoms with Crippen LogP contribution in [-0.4, -0.2) is 22.2 Å². The Hall–Kier alpha value is -2.43. The van der Waals surface area contributed by atoms with E-state index in [4.69, 9.17) is 0 Å². The zero-order chi connectivity index (χ0) is 17.6. The predicted molar refractivity (Wildman–Crippen MR) is 98.1 cm³/mol. The van der Waals surface area contributed by atoms with E-state index in [-0.39, 0.29) is 17.0 Å². The summed E-state index contributed by atoms with van der Waals surface area (Å²) in [5.74, 6) is 0.312. The number of hydrogen-bond donors (Lipinski definition) is 1. The highest BCUT2D eigenvalue weighted by Gasteiger charge is 2.17. The Morgan fingerprint density at radius 2 is 1.92 bits per heavy atom. The number of hydrogen-bond acceptors (Lipinski definition) is 3. The van der Waals surface area contributed by atoms with Crippen LogP contribution in [0.15, 0.2) is 41.2 Å². The zero-order valence-corrected chi connectivity index (χ0v) is 14.7. The lowest BCUT2D eigenvalue weighted by molar-refractivity contribution is 0.0942. The Kier molecular flexibility index (Phi) is 5.64. The molecule has 3 rings (SSSR count). The number of para-hydroxylation sites is 1. The molecule has 0 aliphatic heterocycles. The molecule has 0 unspecified atom stereocenters. The lowest BCUT2D eigenvalue weighted by Gasteiger charge is -2.21. The van der Waals surface area contributed by atoms with E-state index in [0.717, 1.165) is 12.1 Å². The number of carbonyl (C=O) groups is 1. The molecule has 1 aromatic heterocycles. The molecule has 1 aliphatic rings. The van der Waals surface area contributed by atoms with Crippen LogP contribution in [0.2, 0.25) is 0 Å². The van der Waals surface area contributed by atoms with Gasteiger partial charge in [-0.2, -0.15) is 5.10 Å². The number of rotatable bonds is 5. The molecular weight excluding hydrogens is 314 g/mol. The van der Waals surface area contributed by atoms with Gasteiger partial charge in [0.05, 0.1) is 5.69 Å². The van der Waals surface area contributed by atoms with Crippen molar-refractivity contribution in [1.29, 1.82) is 0 Å². The number of carbonyl (C=O) groups excluding carboxylic acids is 1. The van der Waals surface area contributed by atoms with E-state index in [9.17, 15) is 9.59 Å². The molecule has 5 nitrogen and oxygen atoms in total. The van der Waals surface area contributed by atoms with Crippen LogP contribution in [0.5, 0.6) is 0 Å². The highest BCUT2D eigenvalue weighted by Crippen LogP contribution is 2.25. The predicted octanol–water partition coefficient (Wildman–Crippen LogP) is 3.24. The number of nitrogens with zero attached hydrogens (tertiary/aromatic N) is 2. The van der Waals surface area contributed by atoms with Crippen molar-refractivity contribution < 1.29 is 4.79 Å². The largest absolute Gasteiger partial charge is 0.351 e. The Morgan fingerprint density at radius 3 is 2.64 bits per heavy atom. The van der Waals surface area contributed by atoms with Crippen molar-refractivity contribution in [2.24, 2.45) is 5.92 Å². The van der Waals surface area contributed by atoms with Crippen molar-refractivity contribution in [1.82, 2.24) is 15.1 Å². The number of amides is 1. The number of aromatic nitrogens is 2. The fraction of sp³-hybridized carbons (Fsp3) is 0.450. The SMILES string of the molecule is Cc1cc(=O)c(C(=O)NCCC2CCCCC2)nn1-c1ccccc1. The van der Waals surface area contributed by atoms with Crippen LogP contribution in [0.3, 0.4) is 0 Å². The molecule has 0 bridgehead atoms. The third-order valence-corrected chi connectivity index (χ3v) is 4.89. The molecule has 1 saturated carbocycles. The number of aryl methyl sites for hydroxylation is 1. The molecule has 1 fully saturated rings. The van der Waals surface area contributed by atoms with Gasteiger partial charge in [-0.3, -0.25) is 9.59 Å². The first kappa shape index (κ1) is 17.4. The highest BCUT2D eigenvalue weighted by molar-refractivity contribution is 5.92. The summed E-state index contributed by atoms with van der Waals surface area (Å²) in [5, 5.41) is 7.17. The average molecular weight is 339 g/mol. The van der Waals surface area contributed by atoms with Gasteiger partial charge in [0, 0.05) is 18.3 Å². The molecule has 2 aromatic rings. The van der Waals surface area contributed by atoms with Gasteiger partial charge in [0.1, 0.15) is 0 Å². The summed E-state index contributed by atoms with van der Waals surface area (Å²) in [7, 11) is 0. The van der Waals surface area contributed by atoms with E-state index in [2.05, 4.69) is 10.4 Å². The molecule has 5 heteroatoms. The molecule has 25 heavy (non-hydrogen) atoms. The molecule has 1 aromatic carbocycles. The standard InChI is InChI=1S/C20H25N3O2/c1-15-14-18(24)19(22-23(15)17-10-6-3-7-11-17)20(25)21-13-12-16-8-4-2-5-9-16/h3,6-7,10-11,14,16H,2,4-5,8-9,12-13H2,1H3,(H,21,25). The van der Waals surface area contributed by atoms with Gasteiger partial charge in [-0.1, -0.05) is 50.3 Å². The average Bonchev–Trinajstić information content (AvgIpc) is 2.63. The summed E-state index contributed by atoms with van der Waals surface area (Å²) in [6.07, 6.45) is 7.39. The van der Waals surface area contributed by atoms with Crippen molar-refractivity contribution in [3.8, 4) is 5.69 Å². The number of benzene rings is 1. The molecule has 0 spiro atoms. The smallest absolute Gasteiger partial charge is 0.275 e. The van der Waals surface area contributed by atoms with Gasteiger partial charge in [-0.25, -0.2) is 4.68 Å². The minimum absolute atomic E-state index is 0.0434. The molecule has 0 radical (unpaired) electrons. The summed E-state index contributed by atoms with van der Waals surface area (Å²) in [5.41, 5.74) is 1.16. The zero-order valence-electron chi connectivity index (χ0n) is 14.7. The van der Waals surface area contributed by atoms with E-state index in [1.165, 1.54) is 38.2 Å². The van der Waals surface area contributed by atoms with Crippen LogP contribution in [0, 0.1) is 12.8 Å². The van der Waals surface area contributed by atoms with E-state index in [1.807, 2.05) is 37.3 Å². The van der Waals surface area contributed by atoms with E-state index >= 15 is 0 Å². The van der Waals surface area contributed by atoms with Gasteiger partial charge in [-0.05, 0) is 31.4 Å². The van der Waals surface area contributed by atoms with Crippen LogP contribution >= 0.6 is 0 Å². The minimum Gasteiger partial charge on any atom is -0.351 e. The fourth-order valence-corrected chi connectivity index (χ4v) is 3.48. The summed E-state index contributed by atoms with van der Waals surface area (Å²) < 4.78 is 1.64. The summed E-state index contributed by atoms with van der Waals surface area (Å²) in [4.78, 5) is 24.6. The number of nitrogens with one attached hydrogen (secondary N) is 1. The highest BCUT2D eigenvalue weighted by atomic mass is 16.2. The quantitative estimate of drug-likeness (QED) is 0.909. The Balaban J connectivity index is 1.70. The topological polar surface area (TPSA) is 64.0 Å². The summed E-state index contributed by atoms with van der Waals surface area (Å²) in [6, 6.07) is 11.0. The van der Waals surface area contributed by atoms with Crippen molar-refractivity contribution >= 4 is 5.91 Å². The van der Waals surface area contributed by atoms with Gasteiger partial charge in [0.25, 0.3) is 5.91 Å². The summed E-state index contributed by atoms with van der Waals surface area (Å²) in [6.45, 7) is 2.41. The van der Waals surface area contributed by atoms with Gasteiger partial charge in [0.15, 0.2) is 5.69 Å². The second-order valence-electron chi connectivity index (χ2n) is 6.79. The maximum atomic E-state index is 12.4. The van der Waals surface area contributed by atoms with Crippen molar-refractivity contribution in [2.45, 2.75) is 45.4 Å². The Morgan fingerprint density at radius 1 is 1.20 bits per heavy atom. The Labute approximate surface area is 148 Å². The molecule has 0 atom stereocenters. The van der Waals surface area contributed by atoms with Crippen LogP contribution in [0.25, 0.3) is 5.69 Å². The molecule has 1 amide bonds. The van der Waals surface area contributed by atoms with E-state index < -0.39 is 0 Å². The van der Waals surface area contributed by atoms with Gasteiger partial charge < -0.3 is 5.32 Å². The van der Waals surface area contributed by atoms with Crippen LogP contribution in [0.1, 0.15) is 54.7 Å². The summed E-state index contributed by atoms with van der Waals surface area (Å²) >= 11 is 0. The van der Waals surface area contributed by atoms with Gasteiger partial charge in [-0.15, -0.1) is 0 Å². The maximum absolute atomic E-state index is 12.4. The minimum atomic E-state index is -0.384. The first-order valence-electron chi connectivity index (χ1n) is 9.10. The fourth-order valence-electron chi connectivity index (χ4n) is 3.48. The van der Waals surface area contributed by atoms with Gasteiger partial charge >= 0.3 is 0 Å². The molecule has 1 aliphatic carbocycles. The van der Waals surface area contributed by atoms with Crippen LogP contribution < -0.4 is 10.7 Å². The van der Waals surface area contributed by atoms with E-state index in [1.54, 1.807) is 4.68 Å². The van der Waals surface area contributed by atoms with Crippen LogP contribution in [-0.2, 0) is 0 Å². The third-order valence-electron chi connectivity index (χ3n) is 4.89. The first-order valence-corrected chi connectivity index (χ1v) is 9.10. The molecule has 132 valence electrons. The lowest BCUT2D eigenvalue weighted by Crippen LogP contribution is -2.33. The molecule has 0 saturated heterocycles. The third kappa shape index (κ3) is 4.35. The second kappa shape index (κ2) is 8.10. The van der Waals surface area contributed by atoms with Crippen LogP contribution in [0.4, 0.5) is 0 Å². The van der Waals surface area contributed by atoms with E-state index in [0.29, 0.717) is 18.2 Å². The normalized spacial score (nSPS) is 15.1. The van der Waals surface area contributed by atoms with Crippen molar-refractivity contribution in [3.63, 3.8) is 0 Å². The first-order chi connectivity index (χ1) is 12.1. The van der Waals surface area contributed by atoms with Crippen molar-refractivity contribution in [2.75, 3.05) is 6.54 Å². The monoisotopic (exact) mass is 339 g/mol. The molecule has 1 heterocycles. The molecular formula is C20H25N3O2. The van der Waals surface area contributed by atoms with Gasteiger partial charge in [0.2, 0.25) is 5.43 Å². The second-order valence-corrected chi connectivity index (χ2v) is 6.79. The Bertz CT molecular complexity index is 777. The molecule has 1 N–H and O–H groups in total. The maximum Gasteiger partial charge on any atom is 0.275 e.